The van der Waals surface area contributed by atoms with E-state index in [0.29, 0.717) is 12.5 Å². The molecular formula is C13H19ClN2O. The summed E-state index contributed by atoms with van der Waals surface area (Å²) < 4.78 is 0. The van der Waals surface area contributed by atoms with Gasteiger partial charge < -0.3 is 9.74 Å². The Bertz CT molecular complexity index is 384. The molecule has 1 fully saturated rings. The second-order valence-corrected chi connectivity index (χ2v) is 5.04. The van der Waals surface area contributed by atoms with E-state index in [4.69, 9.17) is 16.4 Å². The predicted octanol–water partition coefficient (Wildman–Crippen LogP) is 2.41. The van der Waals surface area contributed by atoms with Gasteiger partial charge in [-0.05, 0) is 43.1 Å². The Morgan fingerprint density at radius 2 is 2.35 bits per heavy atom. The molecule has 2 rings (SSSR count). The monoisotopic (exact) mass is 254 g/mol. The molecule has 1 unspecified atom stereocenters. The number of nitrogens with zero attached hydrogens (tertiary/aromatic N) is 1. The minimum Gasteiger partial charge on any atom is -0.306 e. The van der Waals surface area contributed by atoms with Crippen LogP contribution in [0.15, 0.2) is 18.2 Å². The van der Waals surface area contributed by atoms with Crippen LogP contribution in [0, 0.1) is 0 Å². The Kier molecular flexibility index (Phi) is 4.40. The third-order valence-corrected chi connectivity index (χ3v) is 3.64. The number of rotatable bonds is 4. The summed E-state index contributed by atoms with van der Waals surface area (Å²) in [7, 11) is 3.77. The number of likely N-dealkylation sites (N-methyl/N-ethyl adjacent to an activating group) is 1. The van der Waals surface area contributed by atoms with Crippen molar-refractivity contribution >= 4 is 11.6 Å². The zero-order valence-electron chi connectivity index (χ0n) is 10.4. The SMILES string of the molecule is CONCc1ccc(C2CCN(C)C2)c(Cl)c1. The van der Waals surface area contributed by atoms with Crippen molar-refractivity contribution in [1.82, 2.24) is 10.4 Å². The molecule has 0 aromatic heterocycles. The van der Waals surface area contributed by atoms with Crippen LogP contribution >= 0.6 is 11.6 Å². The van der Waals surface area contributed by atoms with Crippen molar-refractivity contribution in [1.29, 1.82) is 0 Å². The van der Waals surface area contributed by atoms with Crippen LogP contribution in [-0.2, 0) is 11.4 Å². The van der Waals surface area contributed by atoms with E-state index in [9.17, 15) is 0 Å². The molecule has 1 aromatic rings. The molecule has 1 aliphatic rings. The van der Waals surface area contributed by atoms with Gasteiger partial charge in [-0.15, -0.1) is 0 Å². The van der Waals surface area contributed by atoms with Gasteiger partial charge in [-0.1, -0.05) is 23.7 Å². The van der Waals surface area contributed by atoms with Crippen molar-refractivity contribution in [3.8, 4) is 0 Å². The molecule has 1 atom stereocenters. The molecule has 1 aliphatic heterocycles. The molecule has 1 saturated heterocycles. The van der Waals surface area contributed by atoms with Gasteiger partial charge in [0.2, 0.25) is 0 Å². The van der Waals surface area contributed by atoms with E-state index < -0.39 is 0 Å². The van der Waals surface area contributed by atoms with Gasteiger partial charge in [0.15, 0.2) is 0 Å². The third kappa shape index (κ3) is 3.19. The van der Waals surface area contributed by atoms with E-state index in [1.807, 2.05) is 6.07 Å². The van der Waals surface area contributed by atoms with Crippen molar-refractivity contribution < 1.29 is 4.84 Å². The molecule has 1 N–H and O–H groups in total. The molecule has 0 radical (unpaired) electrons. The zero-order chi connectivity index (χ0) is 12.3. The van der Waals surface area contributed by atoms with Crippen LogP contribution in [0.1, 0.15) is 23.5 Å². The summed E-state index contributed by atoms with van der Waals surface area (Å²) in [5.74, 6) is 0.580. The number of hydrogen-bond donors (Lipinski definition) is 1. The lowest BCUT2D eigenvalue weighted by atomic mass is 9.97. The first-order chi connectivity index (χ1) is 8.20. The lowest BCUT2D eigenvalue weighted by Gasteiger charge is -2.14. The summed E-state index contributed by atoms with van der Waals surface area (Å²) in [6, 6.07) is 6.30. The van der Waals surface area contributed by atoms with Crippen molar-refractivity contribution in [2.75, 3.05) is 27.2 Å². The molecule has 0 aliphatic carbocycles. The Balaban J connectivity index is 2.08. The highest BCUT2D eigenvalue weighted by molar-refractivity contribution is 6.31. The van der Waals surface area contributed by atoms with Gasteiger partial charge in [0, 0.05) is 18.1 Å². The van der Waals surface area contributed by atoms with Crippen molar-refractivity contribution in [3.63, 3.8) is 0 Å². The van der Waals surface area contributed by atoms with Gasteiger partial charge >= 0.3 is 0 Å². The van der Waals surface area contributed by atoms with Gasteiger partial charge in [0.05, 0.1) is 7.11 Å². The molecule has 0 bridgehead atoms. The quantitative estimate of drug-likeness (QED) is 0.836. The number of halogens is 1. The third-order valence-electron chi connectivity index (χ3n) is 3.32. The smallest absolute Gasteiger partial charge is 0.0572 e. The number of nitrogens with one attached hydrogen (secondary N) is 1. The molecule has 1 aromatic carbocycles. The maximum absolute atomic E-state index is 6.35. The molecule has 94 valence electrons. The van der Waals surface area contributed by atoms with Crippen LogP contribution < -0.4 is 5.48 Å². The van der Waals surface area contributed by atoms with Crippen LogP contribution in [0.25, 0.3) is 0 Å². The normalized spacial score (nSPS) is 21.0. The van der Waals surface area contributed by atoms with Gasteiger partial charge in [-0.3, -0.25) is 0 Å². The first-order valence-electron chi connectivity index (χ1n) is 5.93. The minimum atomic E-state index is 0.580. The topological polar surface area (TPSA) is 24.5 Å². The van der Waals surface area contributed by atoms with E-state index in [0.717, 1.165) is 23.7 Å². The van der Waals surface area contributed by atoms with Gasteiger partial charge in [-0.2, -0.15) is 5.48 Å². The average molecular weight is 255 g/mol. The first kappa shape index (κ1) is 12.8. The molecule has 1 heterocycles. The fourth-order valence-corrected chi connectivity index (χ4v) is 2.71. The van der Waals surface area contributed by atoms with E-state index >= 15 is 0 Å². The predicted molar refractivity (Wildman–Crippen MR) is 70.2 cm³/mol. The highest BCUT2D eigenvalue weighted by atomic mass is 35.5. The fourth-order valence-electron chi connectivity index (χ4n) is 2.36. The van der Waals surface area contributed by atoms with Crippen molar-refractivity contribution in [2.45, 2.75) is 18.9 Å². The maximum Gasteiger partial charge on any atom is 0.0572 e. The standard InChI is InChI=1S/C13H19ClN2O/c1-16-6-5-11(9-16)12-4-3-10(7-13(12)14)8-15-17-2/h3-4,7,11,15H,5-6,8-9H2,1-2H3. The molecular weight excluding hydrogens is 236 g/mol. The number of benzene rings is 1. The summed E-state index contributed by atoms with van der Waals surface area (Å²) >= 11 is 6.35. The summed E-state index contributed by atoms with van der Waals surface area (Å²) in [5, 5.41) is 0.876. The van der Waals surface area contributed by atoms with Crippen LogP contribution in [0.3, 0.4) is 0 Å². The van der Waals surface area contributed by atoms with Gasteiger partial charge in [0.25, 0.3) is 0 Å². The molecule has 4 heteroatoms. The van der Waals surface area contributed by atoms with Crippen LogP contribution in [0.5, 0.6) is 0 Å². The number of hydrogen-bond acceptors (Lipinski definition) is 3. The van der Waals surface area contributed by atoms with Gasteiger partial charge in [0.1, 0.15) is 0 Å². The highest BCUT2D eigenvalue weighted by Crippen LogP contribution is 2.32. The molecule has 17 heavy (non-hydrogen) atoms. The van der Waals surface area contributed by atoms with Crippen LogP contribution in [0.2, 0.25) is 5.02 Å². The molecule has 0 saturated carbocycles. The molecule has 0 amide bonds. The van der Waals surface area contributed by atoms with Crippen molar-refractivity contribution in [2.24, 2.45) is 0 Å². The molecule has 3 nitrogen and oxygen atoms in total. The largest absolute Gasteiger partial charge is 0.306 e. The second-order valence-electron chi connectivity index (χ2n) is 4.63. The summed E-state index contributed by atoms with van der Waals surface area (Å²) in [6.45, 7) is 2.95. The average Bonchev–Trinajstić information content (AvgIpc) is 2.73. The second kappa shape index (κ2) is 5.83. The Morgan fingerprint density at radius 3 is 2.94 bits per heavy atom. The number of likely N-dealkylation sites (tertiary alicyclic amines) is 1. The maximum atomic E-state index is 6.35. The minimum absolute atomic E-state index is 0.580. The first-order valence-corrected chi connectivity index (χ1v) is 6.31. The van der Waals surface area contributed by atoms with Crippen LogP contribution in [0.4, 0.5) is 0 Å². The highest BCUT2D eigenvalue weighted by Gasteiger charge is 2.22. The molecule has 0 spiro atoms. The number of hydroxylamine groups is 1. The fraction of sp³-hybridized carbons (Fsp3) is 0.538. The Labute approximate surface area is 108 Å². The van der Waals surface area contributed by atoms with E-state index in [2.05, 4.69) is 29.6 Å². The Hall–Kier alpha value is -0.610. The summed E-state index contributed by atoms with van der Waals surface area (Å²) in [5.41, 5.74) is 5.24. The van der Waals surface area contributed by atoms with Gasteiger partial charge in [-0.25, -0.2) is 0 Å². The Morgan fingerprint density at radius 1 is 1.53 bits per heavy atom. The van der Waals surface area contributed by atoms with Crippen molar-refractivity contribution in [3.05, 3.63) is 34.3 Å². The van der Waals surface area contributed by atoms with E-state index in [1.165, 1.54) is 12.0 Å². The van der Waals surface area contributed by atoms with Crippen LogP contribution in [-0.4, -0.2) is 32.1 Å². The van der Waals surface area contributed by atoms with E-state index in [-0.39, 0.29) is 0 Å². The summed E-state index contributed by atoms with van der Waals surface area (Å²) in [4.78, 5) is 7.18. The summed E-state index contributed by atoms with van der Waals surface area (Å²) in [6.07, 6.45) is 1.20. The zero-order valence-corrected chi connectivity index (χ0v) is 11.1. The van der Waals surface area contributed by atoms with E-state index in [1.54, 1.807) is 7.11 Å². The lowest BCUT2D eigenvalue weighted by molar-refractivity contribution is 0.0867. The lowest BCUT2D eigenvalue weighted by Crippen LogP contribution is -2.14.